The molecule has 0 aliphatic carbocycles. The summed E-state index contributed by atoms with van der Waals surface area (Å²) in [6.45, 7) is 4.53. The summed E-state index contributed by atoms with van der Waals surface area (Å²) in [6.07, 6.45) is 1.60. The molecule has 1 aromatic heterocycles. The quantitative estimate of drug-likeness (QED) is 0.896. The molecular weight excluding hydrogens is 323 g/mol. The van der Waals surface area contributed by atoms with Crippen LogP contribution in [0.3, 0.4) is 0 Å². The van der Waals surface area contributed by atoms with Gasteiger partial charge in [0.25, 0.3) is 5.91 Å². The summed E-state index contributed by atoms with van der Waals surface area (Å²) in [5.74, 6) is 0.463. The van der Waals surface area contributed by atoms with Crippen LogP contribution in [0.2, 0.25) is 5.02 Å². The van der Waals surface area contributed by atoms with Gasteiger partial charge in [-0.3, -0.25) is 4.79 Å². The van der Waals surface area contributed by atoms with Crippen LogP contribution in [0.4, 0.5) is 0 Å². The molecule has 7 heteroatoms. The number of amides is 1. The van der Waals surface area contributed by atoms with Crippen molar-refractivity contribution in [3.05, 3.63) is 46.7 Å². The molecule has 1 saturated heterocycles. The molecule has 1 aromatic carbocycles. The van der Waals surface area contributed by atoms with Crippen molar-refractivity contribution in [1.29, 1.82) is 0 Å². The number of rotatable bonds is 4. The smallest absolute Gasteiger partial charge is 0.254 e. The largest absolute Gasteiger partial charge is 0.352 e. The van der Waals surface area contributed by atoms with Gasteiger partial charge in [0.15, 0.2) is 0 Å². The van der Waals surface area contributed by atoms with Crippen LogP contribution in [0.5, 0.6) is 0 Å². The van der Waals surface area contributed by atoms with E-state index >= 15 is 0 Å². The summed E-state index contributed by atoms with van der Waals surface area (Å²) in [6, 6.07) is 7.41. The Morgan fingerprint density at radius 2 is 2.27 bits per heavy atom. The Morgan fingerprint density at radius 1 is 1.50 bits per heavy atom. The molecule has 1 fully saturated rings. The number of halogens is 2. The molecule has 1 aliphatic heterocycles. The molecule has 0 radical (unpaired) electrons. The SMILES string of the molecule is Cc1c(C(=O)NCC2CNC2)cnn1-c1cccc(Cl)c1.Cl. The highest BCUT2D eigenvalue weighted by atomic mass is 35.5. The van der Waals surface area contributed by atoms with E-state index in [0.717, 1.165) is 24.5 Å². The van der Waals surface area contributed by atoms with Crippen LogP contribution >= 0.6 is 24.0 Å². The third-order valence-corrected chi connectivity index (χ3v) is 3.96. The minimum atomic E-state index is -0.0762. The molecule has 5 nitrogen and oxygen atoms in total. The Labute approximate surface area is 140 Å². The number of benzene rings is 1. The first kappa shape index (κ1) is 16.8. The highest BCUT2D eigenvalue weighted by Gasteiger charge is 2.20. The van der Waals surface area contributed by atoms with E-state index in [4.69, 9.17) is 11.6 Å². The molecule has 2 heterocycles. The van der Waals surface area contributed by atoms with E-state index in [9.17, 15) is 4.79 Å². The topological polar surface area (TPSA) is 59.0 Å². The molecule has 0 saturated carbocycles. The van der Waals surface area contributed by atoms with Crippen LogP contribution in [-0.2, 0) is 0 Å². The molecular formula is C15H18Cl2N4O. The second-order valence-electron chi connectivity index (χ2n) is 5.27. The van der Waals surface area contributed by atoms with Gasteiger partial charge in [0.2, 0.25) is 0 Å². The highest BCUT2D eigenvalue weighted by Crippen LogP contribution is 2.18. The number of nitrogens with zero attached hydrogens (tertiary/aromatic N) is 2. The Balaban J connectivity index is 0.00000176. The summed E-state index contributed by atoms with van der Waals surface area (Å²) >= 11 is 6.00. The number of carbonyl (C=O) groups is 1. The minimum Gasteiger partial charge on any atom is -0.352 e. The van der Waals surface area contributed by atoms with Gasteiger partial charge in [-0.15, -0.1) is 12.4 Å². The van der Waals surface area contributed by atoms with Gasteiger partial charge < -0.3 is 10.6 Å². The van der Waals surface area contributed by atoms with Crippen molar-refractivity contribution in [1.82, 2.24) is 20.4 Å². The summed E-state index contributed by atoms with van der Waals surface area (Å²) in [4.78, 5) is 12.2. The van der Waals surface area contributed by atoms with Gasteiger partial charge in [0.1, 0.15) is 0 Å². The number of hydrogen-bond donors (Lipinski definition) is 2. The minimum absolute atomic E-state index is 0. The van der Waals surface area contributed by atoms with E-state index in [1.165, 1.54) is 0 Å². The summed E-state index contributed by atoms with van der Waals surface area (Å²) in [5, 5.41) is 11.1. The van der Waals surface area contributed by atoms with Crippen molar-refractivity contribution >= 4 is 29.9 Å². The van der Waals surface area contributed by atoms with E-state index in [0.29, 0.717) is 23.0 Å². The van der Waals surface area contributed by atoms with Crippen LogP contribution < -0.4 is 10.6 Å². The van der Waals surface area contributed by atoms with E-state index < -0.39 is 0 Å². The molecule has 1 aliphatic rings. The number of nitrogens with one attached hydrogen (secondary N) is 2. The maximum atomic E-state index is 12.2. The second-order valence-corrected chi connectivity index (χ2v) is 5.71. The fourth-order valence-corrected chi connectivity index (χ4v) is 2.51. The van der Waals surface area contributed by atoms with Crippen LogP contribution in [0.25, 0.3) is 5.69 Å². The third-order valence-electron chi connectivity index (χ3n) is 3.72. The predicted molar refractivity (Wildman–Crippen MR) is 89.3 cm³/mol. The predicted octanol–water partition coefficient (Wildman–Crippen LogP) is 2.21. The molecule has 0 unspecified atom stereocenters. The van der Waals surface area contributed by atoms with Gasteiger partial charge in [-0.25, -0.2) is 4.68 Å². The molecule has 0 spiro atoms. The average molecular weight is 341 g/mol. The lowest BCUT2D eigenvalue weighted by Crippen LogP contribution is -2.48. The van der Waals surface area contributed by atoms with E-state index in [1.807, 2.05) is 31.2 Å². The third kappa shape index (κ3) is 3.43. The number of carbonyl (C=O) groups excluding carboxylic acids is 1. The Morgan fingerprint density at radius 3 is 2.91 bits per heavy atom. The first-order valence-electron chi connectivity index (χ1n) is 6.94. The van der Waals surface area contributed by atoms with Gasteiger partial charge in [0.05, 0.1) is 23.1 Å². The second kappa shape index (κ2) is 7.13. The number of hydrogen-bond acceptors (Lipinski definition) is 3. The number of aromatic nitrogens is 2. The monoisotopic (exact) mass is 340 g/mol. The molecule has 1 amide bonds. The van der Waals surface area contributed by atoms with Gasteiger partial charge >= 0.3 is 0 Å². The highest BCUT2D eigenvalue weighted by molar-refractivity contribution is 6.30. The van der Waals surface area contributed by atoms with Crippen LogP contribution in [-0.4, -0.2) is 35.3 Å². The Bertz CT molecular complexity index is 667. The molecule has 3 rings (SSSR count). The van der Waals surface area contributed by atoms with E-state index in [2.05, 4.69) is 15.7 Å². The van der Waals surface area contributed by atoms with Crippen LogP contribution in [0.15, 0.2) is 30.5 Å². The molecule has 2 aromatic rings. The van der Waals surface area contributed by atoms with Crippen molar-refractivity contribution in [2.24, 2.45) is 5.92 Å². The van der Waals surface area contributed by atoms with Crippen molar-refractivity contribution in [3.63, 3.8) is 0 Å². The molecule has 0 atom stereocenters. The maximum absolute atomic E-state index is 12.2. The summed E-state index contributed by atoms with van der Waals surface area (Å²) in [5.41, 5.74) is 2.26. The molecule has 118 valence electrons. The first-order valence-corrected chi connectivity index (χ1v) is 7.32. The van der Waals surface area contributed by atoms with Gasteiger partial charge in [0, 0.05) is 30.6 Å². The zero-order valence-corrected chi connectivity index (χ0v) is 13.7. The zero-order chi connectivity index (χ0) is 14.8. The lowest BCUT2D eigenvalue weighted by molar-refractivity contribution is 0.0941. The zero-order valence-electron chi connectivity index (χ0n) is 12.2. The van der Waals surface area contributed by atoms with Gasteiger partial charge in [-0.2, -0.15) is 5.10 Å². The summed E-state index contributed by atoms with van der Waals surface area (Å²) < 4.78 is 1.73. The fraction of sp³-hybridized carbons (Fsp3) is 0.333. The van der Waals surface area contributed by atoms with Crippen LogP contribution in [0, 0.1) is 12.8 Å². The molecule has 0 bridgehead atoms. The van der Waals surface area contributed by atoms with Gasteiger partial charge in [-0.1, -0.05) is 17.7 Å². The van der Waals surface area contributed by atoms with Crippen molar-refractivity contribution < 1.29 is 4.79 Å². The summed E-state index contributed by atoms with van der Waals surface area (Å²) in [7, 11) is 0. The first-order chi connectivity index (χ1) is 10.1. The van der Waals surface area contributed by atoms with Crippen molar-refractivity contribution in [2.75, 3.05) is 19.6 Å². The Kier molecular flexibility index (Phi) is 5.45. The average Bonchev–Trinajstić information content (AvgIpc) is 2.78. The Hall–Kier alpha value is -1.56. The lowest BCUT2D eigenvalue weighted by Gasteiger charge is -2.27. The molecule has 22 heavy (non-hydrogen) atoms. The fourth-order valence-electron chi connectivity index (χ4n) is 2.33. The lowest BCUT2D eigenvalue weighted by atomic mass is 10.0. The normalized spacial score (nSPS) is 14.1. The standard InChI is InChI=1S/C15H17ClN4O.ClH/c1-10-14(15(21)18-8-11-6-17-7-11)9-19-20(10)13-4-2-3-12(16)5-13;/h2-5,9,11,17H,6-8H2,1H3,(H,18,21);1H. The maximum Gasteiger partial charge on any atom is 0.254 e. The van der Waals surface area contributed by atoms with E-state index in [1.54, 1.807) is 10.9 Å². The molecule has 2 N–H and O–H groups in total. The van der Waals surface area contributed by atoms with Crippen molar-refractivity contribution in [2.45, 2.75) is 6.92 Å². The van der Waals surface area contributed by atoms with Gasteiger partial charge in [-0.05, 0) is 25.1 Å². The van der Waals surface area contributed by atoms with Crippen LogP contribution in [0.1, 0.15) is 16.1 Å². The van der Waals surface area contributed by atoms with Crippen molar-refractivity contribution in [3.8, 4) is 5.69 Å². The van der Waals surface area contributed by atoms with E-state index in [-0.39, 0.29) is 18.3 Å².